The Morgan fingerprint density at radius 1 is 1.10 bits per heavy atom. The predicted octanol–water partition coefficient (Wildman–Crippen LogP) is 3.10. The van der Waals surface area contributed by atoms with Gasteiger partial charge in [-0.3, -0.25) is 4.79 Å². The lowest BCUT2D eigenvalue weighted by Gasteiger charge is -2.18. The van der Waals surface area contributed by atoms with Crippen LogP contribution in [0.3, 0.4) is 0 Å². The number of carbonyl (C=O) groups is 1. The number of benzene rings is 2. The van der Waals surface area contributed by atoms with E-state index in [1.807, 2.05) is 59.2 Å². The fourth-order valence-corrected chi connectivity index (χ4v) is 2.44. The van der Waals surface area contributed by atoms with E-state index < -0.39 is 5.97 Å². The van der Waals surface area contributed by atoms with Crippen molar-refractivity contribution in [2.45, 2.75) is 12.5 Å². The zero-order valence-corrected chi connectivity index (χ0v) is 10.8. The molecule has 4 heteroatoms. The van der Waals surface area contributed by atoms with Crippen molar-refractivity contribution in [2.75, 3.05) is 0 Å². The van der Waals surface area contributed by atoms with Crippen molar-refractivity contribution in [3.63, 3.8) is 0 Å². The fraction of sp³-hybridized carbons (Fsp3) is 0.125. The molecule has 0 bridgehead atoms. The largest absolute Gasteiger partial charge is 0.481 e. The molecule has 1 N–H and O–H groups in total. The molecule has 100 valence electrons. The van der Waals surface area contributed by atoms with Gasteiger partial charge in [0.2, 0.25) is 0 Å². The van der Waals surface area contributed by atoms with E-state index in [0.29, 0.717) is 0 Å². The van der Waals surface area contributed by atoms with Crippen molar-refractivity contribution in [1.29, 1.82) is 0 Å². The van der Waals surface area contributed by atoms with Gasteiger partial charge in [-0.05, 0) is 17.7 Å². The zero-order chi connectivity index (χ0) is 13.9. The van der Waals surface area contributed by atoms with Crippen molar-refractivity contribution in [3.8, 4) is 0 Å². The number of fused-ring (bicyclic) bond motifs is 1. The Morgan fingerprint density at radius 2 is 1.80 bits per heavy atom. The summed E-state index contributed by atoms with van der Waals surface area (Å²) in [4.78, 5) is 15.5. The lowest BCUT2D eigenvalue weighted by Crippen LogP contribution is -2.14. The van der Waals surface area contributed by atoms with Crippen LogP contribution in [0.25, 0.3) is 11.0 Å². The average Bonchev–Trinajstić information content (AvgIpc) is 2.89. The number of hydrogen-bond donors (Lipinski definition) is 1. The van der Waals surface area contributed by atoms with Gasteiger partial charge in [-0.2, -0.15) is 0 Å². The number of para-hydroxylation sites is 2. The summed E-state index contributed by atoms with van der Waals surface area (Å²) in [5, 5.41) is 9.18. The number of rotatable bonds is 4. The molecule has 1 atom stereocenters. The Labute approximate surface area is 116 Å². The van der Waals surface area contributed by atoms with E-state index in [4.69, 9.17) is 0 Å². The number of carboxylic acids is 1. The van der Waals surface area contributed by atoms with E-state index in [-0.39, 0.29) is 12.5 Å². The molecule has 1 aromatic heterocycles. The topological polar surface area (TPSA) is 55.1 Å². The molecule has 20 heavy (non-hydrogen) atoms. The van der Waals surface area contributed by atoms with Crippen molar-refractivity contribution in [1.82, 2.24) is 9.55 Å². The van der Waals surface area contributed by atoms with E-state index in [1.165, 1.54) is 0 Å². The van der Waals surface area contributed by atoms with Gasteiger partial charge in [-0.15, -0.1) is 0 Å². The summed E-state index contributed by atoms with van der Waals surface area (Å²) < 4.78 is 1.93. The first-order chi connectivity index (χ1) is 9.75. The summed E-state index contributed by atoms with van der Waals surface area (Å²) in [7, 11) is 0. The monoisotopic (exact) mass is 266 g/mol. The average molecular weight is 266 g/mol. The van der Waals surface area contributed by atoms with Crippen LogP contribution in [0.1, 0.15) is 18.0 Å². The van der Waals surface area contributed by atoms with Gasteiger partial charge in [0.15, 0.2) is 0 Å². The van der Waals surface area contributed by atoms with Gasteiger partial charge in [0.05, 0.1) is 29.8 Å². The minimum Gasteiger partial charge on any atom is -0.481 e. The second-order valence-corrected chi connectivity index (χ2v) is 4.66. The number of carboxylic acid groups (broad SMARTS) is 1. The van der Waals surface area contributed by atoms with E-state index in [1.54, 1.807) is 6.33 Å². The van der Waals surface area contributed by atoms with Crippen LogP contribution in [0.15, 0.2) is 60.9 Å². The number of nitrogens with zero attached hydrogens (tertiary/aromatic N) is 2. The summed E-state index contributed by atoms with van der Waals surface area (Å²) in [6.45, 7) is 0. The van der Waals surface area contributed by atoms with Crippen molar-refractivity contribution >= 4 is 17.0 Å². The molecule has 0 radical (unpaired) electrons. The van der Waals surface area contributed by atoms with Crippen molar-refractivity contribution in [2.24, 2.45) is 0 Å². The predicted molar refractivity (Wildman–Crippen MR) is 76.6 cm³/mol. The lowest BCUT2D eigenvalue weighted by molar-refractivity contribution is -0.137. The molecule has 1 heterocycles. The summed E-state index contributed by atoms with van der Waals surface area (Å²) in [5.74, 6) is -0.823. The summed E-state index contributed by atoms with van der Waals surface area (Å²) >= 11 is 0. The van der Waals surface area contributed by atoms with Crippen molar-refractivity contribution in [3.05, 3.63) is 66.5 Å². The molecule has 2 aromatic carbocycles. The molecule has 1 unspecified atom stereocenters. The van der Waals surface area contributed by atoms with E-state index in [2.05, 4.69) is 4.98 Å². The maximum absolute atomic E-state index is 11.2. The van der Waals surface area contributed by atoms with E-state index in [0.717, 1.165) is 16.6 Å². The normalized spacial score (nSPS) is 12.4. The van der Waals surface area contributed by atoms with Gasteiger partial charge in [0, 0.05) is 0 Å². The summed E-state index contributed by atoms with van der Waals surface area (Å²) in [5.41, 5.74) is 2.79. The highest BCUT2D eigenvalue weighted by Crippen LogP contribution is 2.26. The standard InChI is InChI=1S/C16H14N2O2/c19-16(20)10-15(12-6-2-1-3-7-12)18-11-17-13-8-4-5-9-14(13)18/h1-9,11,15H,10H2,(H,19,20). The van der Waals surface area contributed by atoms with Crippen LogP contribution in [0.4, 0.5) is 0 Å². The second-order valence-electron chi connectivity index (χ2n) is 4.66. The van der Waals surface area contributed by atoms with Gasteiger partial charge in [-0.25, -0.2) is 4.98 Å². The van der Waals surface area contributed by atoms with Crippen molar-refractivity contribution < 1.29 is 9.90 Å². The molecule has 3 aromatic rings. The Hall–Kier alpha value is -2.62. The molecule has 0 saturated carbocycles. The highest BCUT2D eigenvalue weighted by atomic mass is 16.4. The van der Waals surface area contributed by atoms with Gasteiger partial charge in [0.25, 0.3) is 0 Å². The lowest BCUT2D eigenvalue weighted by atomic mass is 10.0. The molecule has 0 aliphatic rings. The van der Waals surface area contributed by atoms with Gasteiger partial charge >= 0.3 is 5.97 Å². The highest BCUT2D eigenvalue weighted by Gasteiger charge is 2.19. The van der Waals surface area contributed by atoms with Gasteiger partial charge in [-0.1, -0.05) is 42.5 Å². The van der Waals surface area contributed by atoms with Crippen LogP contribution in [0.5, 0.6) is 0 Å². The van der Waals surface area contributed by atoms with Gasteiger partial charge in [0.1, 0.15) is 0 Å². The quantitative estimate of drug-likeness (QED) is 0.789. The summed E-state index contributed by atoms with van der Waals surface area (Å²) in [6, 6.07) is 17.2. The fourth-order valence-electron chi connectivity index (χ4n) is 2.44. The first-order valence-electron chi connectivity index (χ1n) is 6.44. The number of aromatic nitrogens is 2. The Morgan fingerprint density at radius 3 is 2.55 bits per heavy atom. The smallest absolute Gasteiger partial charge is 0.305 e. The minimum absolute atomic E-state index is 0.0321. The minimum atomic E-state index is -0.823. The molecule has 0 fully saturated rings. The molecule has 4 nitrogen and oxygen atoms in total. The molecule has 3 rings (SSSR count). The maximum Gasteiger partial charge on any atom is 0.305 e. The van der Waals surface area contributed by atoms with Crippen LogP contribution in [0, 0.1) is 0 Å². The molecule has 0 aliphatic carbocycles. The third-order valence-corrected chi connectivity index (χ3v) is 3.37. The third kappa shape index (κ3) is 2.28. The Kier molecular flexibility index (Phi) is 3.21. The van der Waals surface area contributed by atoms with Crippen LogP contribution in [0.2, 0.25) is 0 Å². The van der Waals surface area contributed by atoms with Crippen LogP contribution < -0.4 is 0 Å². The molecule has 0 saturated heterocycles. The molecule has 0 amide bonds. The van der Waals surface area contributed by atoms with Crippen LogP contribution >= 0.6 is 0 Å². The molecule has 0 aliphatic heterocycles. The van der Waals surface area contributed by atoms with Crippen LogP contribution in [-0.4, -0.2) is 20.6 Å². The number of imidazole rings is 1. The van der Waals surface area contributed by atoms with E-state index in [9.17, 15) is 9.90 Å². The SMILES string of the molecule is O=C(O)CC(c1ccccc1)n1cnc2ccccc21. The first-order valence-corrected chi connectivity index (χ1v) is 6.44. The number of aliphatic carboxylic acids is 1. The van der Waals surface area contributed by atoms with E-state index >= 15 is 0 Å². The molecule has 0 spiro atoms. The molecular formula is C16H14N2O2. The van der Waals surface area contributed by atoms with Crippen LogP contribution in [-0.2, 0) is 4.79 Å². The first kappa shape index (κ1) is 12.4. The Bertz CT molecular complexity index is 734. The third-order valence-electron chi connectivity index (χ3n) is 3.37. The zero-order valence-electron chi connectivity index (χ0n) is 10.8. The second kappa shape index (κ2) is 5.17. The maximum atomic E-state index is 11.2. The van der Waals surface area contributed by atoms with Gasteiger partial charge < -0.3 is 9.67 Å². The molecular weight excluding hydrogens is 252 g/mol. The Balaban J connectivity index is 2.12. The summed E-state index contributed by atoms with van der Waals surface area (Å²) in [6.07, 6.45) is 1.75. The number of hydrogen-bond acceptors (Lipinski definition) is 2. The highest BCUT2D eigenvalue weighted by molar-refractivity contribution is 5.76.